The molecule has 2 aromatic carbocycles. The van der Waals surface area contributed by atoms with Crippen LogP contribution in [0.5, 0.6) is 5.75 Å². The Kier molecular flexibility index (Phi) is 6.49. The summed E-state index contributed by atoms with van der Waals surface area (Å²) in [7, 11) is 0. The number of carbonyl (C=O) groups is 2. The van der Waals surface area contributed by atoms with Crippen molar-refractivity contribution in [1.29, 1.82) is 0 Å². The fourth-order valence-corrected chi connectivity index (χ4v) is 2.90. The highest BCUT2D eigenvalue weighted by atomic mass is 35.5. The van der Waals surface area contributed by atoms with E-state index in [4.69, 9.17) is 16.3 Å². The van der Waals surface area contributed by atoms with E-state index in [-0.39, 0.29) is 17.7 Å². The molecule has 2 aromatic rings. The van der Waals surface area contributed by atoms with Gasteiger partial charge in [-0.1, -0.05) is 35.9 Å². The summed E-state index contributed by atoms with van der Waals surface area (Å²) in [5.74, 6) is 0.143. The predicted molar refractivity (Wildman–Crippen MR) is 104 cm³/mol. The Hall–Kier alpha value is -2.79. The van der Waals surface area contributed by atoms with E-state index >= 15 is 0 Å². The summed E-state index contributed by atoms with van der Waals surface area (Å²) in [6.07, 6.45) is 6.48. The van der Waals surface area contributed by atoms with Crippen LogP contribution in [-0.2, 0) is 11.4 Å². The van der Waals surface area contributed by atoms with Crippen LogP contribution >= 0.6 is 11.6 Å². The van der Waals surface area contributed by atoms with E-state index in [1.54, 1.807) is 36.4 Å². The van der Waals surface area contributed by atoms with E-state index < -0.39 is 0 Å². The maximum atomic E-state index is 12.2. The summed E-state index contributed by atoms with van der Waals surface area (Å²) in [6.45, 7) is 0.384. The van der Waals surface area contributed by atoms with Crippen molar-refractivity contribution < 1.29 is 14.3 Å². The molecule has 0 radical (unpaired) electrons. The highest BCUT2D eigenvalue weighted by Crippen LogP contribution is 2.18. The van der Waals surface area contributed by atoms with Gasteiger partial charge in [-0.25, -0.2) is 0 Å². The summed E-state index contributed by atoms with van der Waals surface area (Å²) in [6, 6.07) is 14.2. The average molecular weight is 385 g/mol. The summed E-state index contributed by atoms with van der Waals surface area (Å²) in [5, 5.41) is 0.657. The minimum absolute atomic E-state index is 0.0808. The molecule has 6 heteroatoms. The van der Waals surface area contributed by atoms with Crippen molar-refractivity contribution in [2.24, 2.45) is 5.92 Å². The van der Waals surface area contributed by atoms with Gasteiger partial charge in [0.25, 0.3) is 5.91 Å². The van der Waals surface area contributed by atoms with Crippen LogP contribution in [0.3, 0.4) is 0 Å². The van der Waals surface area contributed by atoms with Crippen LogP contribution in [0.25, 0.3) is 0 Å². The Balaban J connectivity index is 1.47. The van der Waals surface area contributed by atoms with Crippen LogP contribution in [0, 0.1) is 5.92 Å². The first-order valence-electron chi connectivity index (χ1n) is 8.84. The normalized spacial score (nSPS) is 15.8. The molecule has 0 heterocycles. The van der Waals surface area contributed by atoms with Gasteiger partial charge in [0.15, 0.2) is 0 Å². The lowest BCUT2D eigenvalue weighted by atomic mass is 9.94. The number of allylic oxidation sites excluding steroid dienone is 2. The molecule has 1 aliphatic carbocycles. The molecule has 3 rings (SSSR count). The first-order valence-corrected chi connectivity index (χ1v) is 9.22. The Bertz CT molecular complexity index is 816. The van der Waals surface area contributed by atoms with Crippen LogP contribution in [0.4, 0.5) is 0 Å². The van der Waals surface area contributed by atoms with Gasteiger partial charge in [-0.3, -0.25) is 20.4 Å². The van der Waals surface area contributed by atoms with Crippen molar-refractivity contribution in [2.45, 2.75) is 25.9 Å². The van der Waals surface area contributed by atoms with Crippen molar-refractivity contribution in [3.63, 3.8) is 0 Å². The van der Waals surface area contributed by atoms with Gasteiger partial charge in [-0.05, 0) is 61.2 Å². The van der Waals surface area contributed by atoms with Gasteiger partial charge in [0.1, 0.15) is 12.4 Å². The Morgan fingerprint density at radius 1 is 1.00 bits per heavy atom. The van der Waals surface area contributed by atoms with E-state index in [2.05, 4.69) is 16.9 Å². The largest absolute Gasteiger partial charge is 0.489 e. The summed E-state index contributed by atoms with van der Waals surface area (Å²) >= 11 is 5.84. The molecule has 0 fully saturated rings. The topological polar surface area (TPSA) is 67.4 Å². The lowest BCUT2D eigenvalue weighted by Crippen LogP contribution is -2.44. The molecule has 0 saturated heterocycles. The number of nitrogens with one attached hydrogen (secondary N) is 2. The zero-order valence-electron chi connectivity index (χ0n) is 14.8. The van der Waals surface area contributed by atoms with Gasteiger partial charge < -0.3 is 4.74 Å². The molecule has 5 nitrogen and oxygen atoms in total. The molecule has 0 aromatic heterocycles. The molecular formula is C21H21ClN2O3. The third-order valence-electron chi connectivity index (χ3n) is 4.37. The zero-order valence-corrected chi connectivity index (χ0v) is 15.5. The quantitative estimate of drug-likeness (QED) is 0.604. The minimum atomic E-state index is -0.347. The molecule has 0 aliphatic heterocycles. The second-order valence-corrected chi connectivity index (χ2v) is 6.80. The van der Waals surface area contributed by atoms with Crippen LogP contribution in [0.2, 0.25) is 5.02 Å². The number of carbonyl (C=O) groups excluding carboxylic acids is 2. The first-order chi connectivity index (χ1) is 13.1. The lowest BCUT2D eigenvalue weighted by molar-refractivity contribution is -0.126. The zero-order chi connectivity index (χ0) is 19.1. The molecule has 1 aliphatic rings. The van der Waals surface area contributed by atoms with Crippen molar-refractivity contribution in [1.82, 2.24) is 10.9 Å². The van der Waals surface area contributed by atoms with Crippen LogP contribution in [0.15, 0.2) is 60.7 Å². The monoisotopic (exact) mass is 384 g/mol. The highest BCUT2D eigenvalue weighted by Gasteiger charge is 2.19. The molecular weight excluding hydrogens is 364 g/mol. The molecule has 0 bridgehead atoms. The van der Waals surface area contributed by atoms with Crippen molar-refractivity contribution in [2.75, 3.05) is 0 Å². The standard InChI is InChI=1S/C21H21ClN2O3/c22-18-10-12-19(13-11-18)27-14-15-6-8-17(9-7-15)21(26)24-23-20(25)16-4-2-1-3-5-16/h1-2,6-13,16H,3-5,14H2,(H,23,25)(H,24,26). The second kappa shape index (κ2) is 9.24. The van der Waals surface area contributed by atoms with E-state index in [1.807, 2.05) is 18.2 Å². The number of hydrogen-bond donors (Lipinski definition) is 2. The number of rotatable bonds is 5. The van der Waals surface area contributed by atoms with Gasteiger partial charge >= 0.3 is 0 Å². The van der Waals surface area contributed by atoms with Gasteiger partial charge in [-0.2, -0.15) is 0 Å². The molecule has 0 spiro atoms. The third-order valence-corrected chi connectivity index (χ3v) is 4.63. The fraction of sp³-hybridized carbons (Fsp3) is 0.238. The lowest BCUT2D eigenvalue weighted by Gasteiger charge is -2.17. The first kappa shape index (κ1) is 19.0. The SMILES string of the molecule is O=C(NNC(=O)C1CC=CCC1)c1ccc(COc2ccc(Cl)cc2)cc1. The van der Waals surface area contributed by atoms with E-state index in [0.717, 1.165) is 24.2 Å². The number of halogens is 1. The number of amides is 2. The van der Waals surface area contributed by atoms with Gasteiger partial charge in [0.05, 0.1) is 0 Å². The predicted octanol–water partition coefficient (Wildman–Crippen LogP) is 4.04. The van der Waals surface area contributed by atoms with Gasteiger partial charge in [-0.15, -0.1) is 0 Å². The van der Waals surface area contributed by atoms with Crippen LogP contribution in [-0.4, -0.2) is 11.8 Å². The molecule has 140 valence electrons. The van der Waals surface area contributed by atoms with E-state index in [1.165, 1.54) is 0 Å². The van der Waals surface area contributed by atoms with E-state index in [0.29, 0.717) is 23.6 Å². The smallest absolute Gasteiger partial charge is 0.269 e. The van der Waals surface area contributed by atoms with Crippen molar-refractivity contribution in [3.05, 3.63) is 76.8 Å². The summed E-state index contributed by atoms with van der Waals surface area (Å²) in [4.78, 5) is 24.2. The van der Waals surface area contributed by atoms with Crippen LogP contribution in [0.1, 0.15) is 35.2 Å². The number of benzene rings is 2. The Morgan fingerprint density at radius 3 is 2.41 bits per heavy atom. The molecule has 1 atom stereocenters. The average Bonchev–Trinajstić information content (AvgIpc) is 2.72. The van der Waals surface area contributed by atoms with Crippen molar-refractivity contribution >= 4 is 23.4 Å². The Labute approximate surface area is 163 Å². The van der Waals surface area contributed by atoms with Crippen molar-refractivity contribution in [3.8, 4) is 5.75 Å². The number of hydrazine groups is 1. The van der Waals surface area contributed by atoms with Gasteiger partial charge in [0.2, 0.25) is 5.91 Å². The second-order valence-electron chi connectivity index (χ2n) is 6.36. The Morgan fingerprint density at radius 2 is 1.74 bits per heavy atom. The fourth-order valence-electron chi connectivity index (χ4n) is 2.77. The molecule has 27 heavy (non-hydrogen) atoms. The maximum absolute atomic E-state index is 12.2. The third kappa shape index (κ3) is 5.59. The summed E-state index contributed by atoms with van der Waals surface area (Å²) in [5.41, 5.74) is 6.38. The van der Waals surface area contributed by atoms with Crippen LogP contribution < -0.4 is 15.6 Å². The highest BCUT2D eigenvalue weighted by molar-refractivity contribution is 6.30. The molecule has 0 saturated carbocycles. The molecule has 2 N–H and O–H groups in total. The molecule has 2 amide bonds. The molecule has 1 unspecified atom stereocenters. The maximum Gasteiger partial charge on any atom is 0.269 e. The minimum Gasteiger partial charge on any atom is -0.489 e. The number of ether oxygens (including phenoxy) is 1. The summed E-state index contributed by atoms with van der Waals surface area (Å²) < 4.78 is 5.67. The number of hydrogen-bond acceptors (Lipinski definition) is 3. The van der Waals surface area contributed by atoms with Gasteiger partial charge in [0, 0.05) is 16.5 Å². The van der Waals surface area contributed by atoms with E-state index in [9.17, 15) is 9.59 Å².